The second-order valence-electron chi connectivity index (χ2n) is 6.87. The van der Waals surface area contributed by atoms with E-state index in [4.69, 9.17) is 0 Å². The Kier molecular flexibility index (Phi) is 3.49. The lowest BCUT2D eigenvalue weighted by Crippen LogP contribution is -2.27. The number of nitrogens with zero attached hydrogens (tertiary/aromatic N) is 3. The molecule has 0 aliphatic rings. The zero-order chi connectivity index (χ0) is 17.7. The molecule has 2 aromatic carbocycles. The van der Waals surface area contributed by atoms with Gasteiger partial charge in [0.2, 0.25) is 0 Å². The van der Waals surface area contributed by atoms with Crippen LogP contribution >= 0.6 is 0 Å². The Hall–Kier alpha value is -2.88. The van der Waals surface area contributed by atoms with Gasteiger partial charge in [-0.05, 0) is 57.0 Å². The molecule has 0 fully saturated rings. The van der Waals surface area contributed by atoms with Gasteiger partial charge in [-0.3, -0.25) is 9.20 Å². The number of benzene rings is 2. The molecule has 0 aliphatic heterocycles. The van der Waals surface area contributed by atoms with E-state index in [1.807, 2.05) is 17.4 Å². The molecular weight excluding hydrogens is 310 g/mol. The van der Waals surface area contributed by atoms with Crippen molar-refractivity contribution in [3.63, 3.8) is 0 Å². The first-order valence-corrected chi connectivity index (χ1v) is 8.50. The molecule has 2 heterocycles. The highest BCUT2D eigenvalue weighted by Gasteiger charge is 2.13. The average molecular weight is 331 g/mol. The van der Waals surface area contributed by atoms with Crippen molar-refractivity contribution in [3.8, 4) is 0 Å². The highest BCUT2D eigenvalue weighted by atomic mass is 16.1. The highest BCUT2D eigenvalue weighted by Crippen LogP contribution is 2.21. The van der Waals surface area contributed by atoms with Crippen LogP contribution in [0.25, 0.3) is 16.4 Å². The van der Waals surface area contributed by atoms with Crippen LogP contribution in [0.15, 0.2) is 47.3 Å². The number of rotatable bonds is 2. The Bertz CT molecular complexity index is 1180. The second-order valence-corrected chi connectivity index (χ2v) is 6.87. The second kappa shape index (κ2) is 5.59. The van der Waals surface area contributed by atoms with Gasteiger partial charge >= 0.3 is 0 Å². The smallest absolute Gasteiger partial charge is 0.291 e. The van der Waals surface area contributed by atoms with Gasteiger partial charge in [0.05, 0.1) is 12.1 Å². The summed E-state index contributed by atoms with van der Waals surface area (Å²) in [7, 11) is 0. The largest absolute Gasteiger partial charge is 0.291 e. The van der Waals surface area contributed by atoms with Crippen LogP contribution in [0.3, 0.4) is 0 Å². The first-order valence-electron chi connectivity index (χ1n) is 8.50. The zero-order valence-electron chi connectivity index (χ0n) is 15.0. The van der Waals surface area contributed by atoms with Crippen LogP contribution in [0.4, 0.5) is 0 Å². The lowest BCUT2D eigenvalue weighted by molar-refractivity contribution is 0.613. The van der Waals surface area contributed by atoms with Crippen LogP contribution < -0.4 is 5.56 Å². The molecule has 4 nitrogen and oxygen atoms in total. The fourth-order valence-electron chi connectivity index (χ4n) is 3.48. The van der Waals surface area contributed by atoms with E-state index in [-0.39, 0.29) is 5.56 Å². The summed E-state index contributed by atoms with van der Waals surface area (Å²) in [5.41, 5.74) is 6.33. The number of hydrogen-bond acceptors (Lipinski definition) is 2. The molecule has 0 radical (unpaired) electrons. The lowest BCUT2D eigenvalue weighted by Gasteiger charge is -2.11. The highest BCUT2D eigenvalue weighted by molar-refractivity contribution is 5.87. The van der Waals surface area contributed by atoms with Gasteiger partial charge in [0.15, 0.2) is 0 Å². The standard InChI is InChI=1S/C21H21N3O/c1-13-5-7-15(3)18(10-13)12-23-21(25)20-11-17-9-14(2)6-8-19(17)24(20)16(4)22-23/h5-11H,12H2,1-4H3. The van der Waals surface area contributed by atoms with Crippen molar-refractivity contribution >= 4 is 16.4 Å². The molecule has 4 rings (SSSR count). The lowest BCUT2D eigenvalue weighted by atomic mass is 10.1. The average Bonchev–Trinajstić information content (AvgIpc) is 2.94. The molecule has 0 unspecified atom stereocenters. The summed E-state index contributed by atoms with van der Waals surface area (Å²) in [4.78, 5) is 13.0. The van der Waals surface area contributed by atoms with Crippen LogP contribution in [-0.4, -0.2) is 14.2 Å². The van der Waals surface area contributed by atoms with Crippen LogP contribution in [-0.2, 0) is 6.54 Å². The minimum Gasteiger partial charge on any atom is -0.291 e. The molecule has 2 aromatic heterocycles. The molecule has 0 atom stereocenters. The fraction of sp³-hybridized carbons (Fsp3) is 0.238. The van der Waals surface area contributed by atoms with E-state index in [1.54, 1.807) is 4.68 Å². The first kappa shape index (κ1) is 15.6. The molecule has 0 amide bonds. The summed E-state index contributed by atoms with van der Waals surface area (Å²) < 4.78 is 3.54. The molecule has 25 heavy (non-hydrogen) atoms. The topological polar surface area (TPSA) is 39.3 Å². The van der Waals surface area contributed by atoms with Crippen molar-refractivity contribution in [3.05, 3.63) is 80.9 Å². The normalized spacial score (nSPS) is 11.5. The van der Waals surface area contributed by atoms with Gasteiger partial charge in [0.25, 0.3) is 5.56 Å². The summed E-state index contributed by atoms with van der Waals surface area (Å²) in [6.45, 7) is 8.64. The van der Waals surface area contributed by atoms with Crippen molar-refractivity contribution in [2.24, 2.45) is 0 Å². The third-order valence-electron chi connectivity index (χ3n) is 4.82. The van der Waals surface area contributed by atoms with Gasteiger partial charge in [-0.1, -0.05) is 35.4 Å². The molecule has 0 bridgehead atoms. The Morgan fingerprint density at radius 2 is 1.60 bits per heavy atom. The van der Waals surface area contributed by atoms with Crippen molar-refractivity contribution < 1.29 is 0 Å². The molecule has 0 aliphatic carbocycles. The van der Waals surface area contributed by atoms with E-state index >= 15 is 0 Å². The minimum absolute atomic E-state index is 0.0552. The van der Waals surface area contributed by atoms with E-state index < -0.39 is 0 Å². The fourth-order valence-corrected chi connectivity index (χ4v) is 3.48. The Labute approximate surface area is 146 Å². The van der Waals surface area contributed by atoms with Crippen molar-refractivity contribution in [1.29, 1.82) is 0 Å². The van der Waals surface area contributed by atoms with Gasteiger partial charge in [0.1, 0.15) is 11.3 Å². The predicted molar refractivity (Wildman–Crippen MR) is 101 cm³/mol. The van der Waals surface area contributed by atoms with Crippen molar-refractivity contribution in [1.82, 2.24) is 14.2 Å². The Morgan fingerprint density at radius 3 is 2.40 bits per heavy atom. The van der Waals surface area contributed by atoms with Crippen molar-refractivity contribution in [2.45, 2.75) is 34.2 Å². The van der Waals surface area contributed by atoms with E-state index in [0.717, 1.165) is 22.3 Å². The number of aryl methyl sites for hydroxylation is 4. The maximum atomic E-state index is 13.0. The van der Waals surface area contributed by atoms with Crippen LogP contribution in [0.1, 0.15) is 28.1 Å². The Balaban J connectivity index is 1.94. The third-order valence-corrected chi connectivity index (χ3v) is 4.82. The van der Waals surface area contributed by atoms with E-state index in [0.29, 0.717) is 12.1 Å². The van der Waals surface area contributed by atoms with Crippen LogP contribution in [0.2, 0.25) is 0 Å². The van der Waals surface area contributed by atoms with E-state index in [2.05, 4.69) is 62.3 Å². The summed E-state index contributed by atoms with van der Waals surface area (Å²) in [5, 5.41) is 5.65. The molecule has 4 aromatic rings. The summed E-state index contributed by atoms with van der Waals surface area (Å²) in [6, 6.07) is 14.5. The molecular formula is C21H21N3O. The number of hydrogen-bond donors (Lipinski definition) is 0. The van der Waals surface area contributed by atoms with Crippen molar-refractivity contribution in [2.75, 3.05) is 0 Å². The van der Waals surface area contributed by atoms with Gasteiger partial charge in [0, 0.05) is 5.39 Å². The van der Waals surface area contributed by atoms with Crippen LogP contribution in [0, 0.1) is 27.7 Å². The predicted octanol–water partition coefficient (Wildman–Crippen LogP) is 3.93. The van der Waals surface area contributed by atoms with Gasteiger partial charge in [-0.25, -0.2) is 4.68 Å². The third kappa shape index (κ3) is 2.54. The quantitative estimate of drug-likeness (QED) is 0.558. The minimum atomic E-state index is -0.0552. The van der Waals surface area contributed by atoms with Crippen LogP contribution in [0.5, 0.6) is 0 Å². The molecule has 126 valence electrons. The SMILES string of the molecule is Cc1ccc(C)c(Cn2nc(C)n3c(cc4cc(C)ccc43)c2=O)c1. The van der Waals surface area contributed by atoms with Gasteiger partial charge in [-0.15, -0.1) is 0 Å². The maximum Gasteiger partial charge on any atom is 0.291 e. The maximum absolute atomic E-state index is 13.0. The van der Waals surface area contributed by atoms with Gasteiger partial charge in [-0.2, -0.15) is 5.10 Å². The summed E-state index contributed by atoms with van der Waals surface area (Å²) in [6.07, 6.45) is 0. The molecule has 4 heteroatoms. The van der Waals surface area contributed by atoms with E-state index in [9.17, 15) is 4.79 Å². The monoisotopic (exact) mass is 331 g/mol. The molecule has 0 spiro atoms. The first-order chi connectivity index (χ1) is 11.9. The zero-order valence-corrected chi connectivity index (χ0v) is 15.0. The Morgan fingerprint density at radius 1 is 0.880 bits per heavy atom. The summed E-state index contributed by atoms with van der Waals surface area (Å²) >= 11 is 0. The number of fused-ring (bicyclic) bond motifs is 3. The van der Waals surface area contributed by atoms with E-state index in [1.165, 1.54) is 16.7 Å². The summed E-state index contributed by atoms with van der Waals surface area (Å²) in [5.74, 6) is 0.818. The molecule has 0 saturated heterocycles. The molecule has 0 saturated carbocycles. The molecule has 0 N–H and O–H groups in total. The van der Waals surface area contributed by atoms with Gasteiger partial charge < -0.3 is 0 Å². The number of aromatic nitrogens is 3.